The molecule has 0 amide bonds. The number of nitriles is 2. The average molecular weight is 562 g/mol. The molecule has 0 bridgehead atoms. The summed E-state index contributed by atoms with van der Waals surface area (Å²) in [6.07, 6.45) is 1.92. The van der Waals surface area contributed by atoms with Crippen molar-refractivity contribution >= 4 is 18.8 Å². The second-order valence-corrected chi connectivity index (χ2v) is 7.89. The standard InChI is InChI=1S/C10H11N.C8H6FNO.2ClH.Pt/c1-2-9-3-5-10(6-4-9)7-8-11;9-11-8-3-1-7(2-4-8)5-6-10;;;/h3-6H,2,7H2,1H3;1-4H,5H2;2*1H;/q;;;;+2/p-2. The van der Waals surface area contributed by atoms with Gasteiger partial charge in [0.05, 0.1) is 25.0 Å². The summed E-state index contributed by atoms with van der Waals surface area (Å²) in [5.41, 5.74) is 3.28. The number of benzene rings is 2. The molecular weight excluding hydrogens is 545 g/mol. The van der Waals surface area contributed by atoms with Crippen molar-refractivity contribution in [1.82, 2.24) is 0 Å². The number of hydrogen-bond donors (Lipinski definition) is 0. The van der Waals surface area contributed by atoms with E-state index in [0.717, 1.165) is 17.5 Å². The third-order valence-corrected chi connectivity index (χ3v) is 3.01. The Labute approximate surface area is 164 Å². The Bertz CT molecular complexity index is 608. The molecule has 0 aliphatic heterocycles. The van der Waals surface area contributed by atoms with Crippen LogP contribution in [0, 0.1) is 22.7 Å². The molecule has 0 saturated carbocycles. The van der Waals surface area contributed by atoms with Gasteiger partial charge in [0, 0.05) is 4.53 Å². The Kier molecular flexibility index (Phi) is 14.9. The van der Waals surface area contributed by atoms with Gasteiger partial charge in [0.1, 0.15) is 0 Å². The van der Waals surface area contributed by atoms with E-state index in [1.165, 1.54) is 17.7 Å². The number of halogens is 3. The van der Waals surface area contributed by atoms with E-state index in [1.54, 1.807) is 12.1 Å². The summed E-state index contributed by atoms with van der Waals surface area (Å²) in [6.45, 7) is 2.12. The number of nitrogens with zero attached hydrogens (tertiary/aromatic N) is 2. The summed E-state index contributed by atoms with van der Waals surface area (Å²) in [7, 11) is 9.75. The Balaban J connectivity index is 0.000000399. The van der Waals surface area contributed by atoms with Crippen LogP contribution in [0.2, 0.25) is 0 Å². The molecule has 0 heterocycles. The SMILES string of the molecule is CCc1ccc(CC#N)cc1.N#CCc1ccc(OF)cc1.[Cl][Pt][Cl]. The molecule has 2 aromatic carbocycles. The van der Waals surface area contributed by atoms with Crippen molar-refractivity contribution in [3.05, 3.63) is 65.2 Å². The first-order valence-electron chi connectivity index (χ1n) is 7.16. The van der Waals surface area contributed by atoms with Crippen LogP contribution in [0.4, 0.5) is 4.53 Å². The van der Waals surface area contributed by atoms with Crippen LogP contribution in [-0.4, -0.2) is 0 Å². The predicted octanol–water partition coefficient (Wildman–Crippen LogP) is 5.71. The Morgan fingerprint density at radius 1 is 0.880 bits per heavy atom. The van der Waals surface area contributed by atoms with Gasteiger partial charge in [0.25, 0.3) is 0 Å². The van der Waals surface area contributed by atoms with Crippen molar-refractivity contribution in [2.75, 3.05) is 0 Å². The Morgan fingerprint density at radius 2 is 1.24 bits per heavy atom. The molecule has 2 aromatic rings. The molecule has 136 valence electrons. The molecule has 0 aliphatic carbocycles. The van der Waals surface area contributed by atoms with E-state index in [1.807, 2.05) is 18.2 Å². The van der Waals surface area contributed by atoms with E-state index in [4.69, 9.17) is 29.4 Å². The van der Waals surface area contributed by atoms with Gasteiger partial charge in [-0.15, -0.1) is 0 Å². The minimum atomic E-state index is -0.472. The molecule has 0 unspecified atom stereocenters. The minimum absolute atomic E-state index is 0.159. The van der Waals surface area contributed by atoms with E-state index >= 15 is 0 Å². The molecule has 0 aliphatic rings. The van der Waals surface area contributed by atoms with E-state index in [0.29, 0.717) is 12.8 Å². The summed E-state index contributed by atoms with van der Waals surface area (Å²) in [6, 6.07) is 18.6. The third kappa shape index (κ3) is 11.6. The molecule has 0 aromatic heterocycles. The van der Waals surface area contributed by atoms with Crippen LogP contribution >= 0.6 is 18.8 Å². The quantitative estimate of drug-likeness (QED) is 0.480. The zero-order valence-electron chi connectivity index (χ0n) is 13.5. The zero-order chi connectivity index (χ0) is 18.9. The van der Waals surface area contributed by atoms with Crippen molar-refractivity contribution in [3.8, 4) is 17.9 Å². The van der Waals surface area contributed by atoms with Crippen molar-refractivity contribution < 1.29 is 25.9 Å². The third-order valence-electron chi connectivity index (χ3n) is 3.01. The second kappa shape index (κ2) is 15.9. The normalized spacial score (nSPS) is 8.72. The molecule has 0 N–H and O–H groups in total. The van der Waals surface area contributed by atoms with Gasteiger partial charge in [-0.3, -0.25) is 4.94 Å². The summed E-state index contributed by atoms with van der Waals surface area (Å²) < 4.78 is 11.5. The van der Waals surface area contributed by atoms with Crippen LogP contribution in [0.3, 0.4) is 0 Å². The van der Waals surface area contributed by atoms with Crippen molar-refractivity contribution in [1.29, 1.82) is 10.5 Å². The van der Waals surface area contributed by atoms with Crippen LogP contribution in [0.15, 0.2) is 48.5 Å². The first-order chi connectivity index (χ1) is 12.1. The molecular formula is C18H17Cl2FN2OPt. The molecule has 0 atom stereocenters. The van der Waals surface area contributed by atoms with Crippen LogP contribution in [0.1, 0.15) is 23.6 Å². The van der Waals surface area contributed by atoms with Gasteiger partial charge < -0.3 is 0 Å². The van der Waals surface area contributed by atoms with Gasteiger partial charge in [0.2, 0.25) is 0 Å². The first kappa shape index (κ1) is 23.4. The van der Waals surface area contributed by atoms with Gasteiger partial charge in [-0.25, -0.2) is 0 Å². The Morgan fingerprint density at radius 3 is 1.56 bits per heavy atom. The molecule has 0 saturated heterocycles. The van der Waals surface area contributed by atoms with Crippen molar-refractivity contribution in [3.63, 3.8) is 0 Å². The predicted molar refractivity (Wildman–Crippen MR) is 94.3 cm³/mol. The fraction of sp³-hybridized carbons (Fsp3) is 0.222. The molecule has 3 nitrogen and oxygen atoms in total. The fourth-order valence-electron chi connectivity index (χ4n) is 1.73. The zero-order valence-corrected chi connectivity index (χ0v) is 17.3. The summed E-state index contributed by atoms with van der Waals surface area (Å²) in [5.74, 6) is 0.159. The molecule has 25 heavy (non-hydrogen) atoms. The fourth-order valence-corrected chi connectivity index (χ4v) is 1.73. The summed E-state index contributed by atoms with van der Waals surface area (Å²) >= 11 is -0.472. The van der Waals surface area contributed by atoms with E-state index in [-0.39, 0.29) is 5.75 Å². The summed E-state index contributed by atoms with van der Waals surface area (Å²) in [4.78, 5) is 3.46. The molecule has 0 radical (unpaired) electrons. The maximum absolute atomic E-state index is 11.5. The second-order valence-electron chi connectivity index (χ2n) is 4.61. The number of aryl methyl sites for hydroxylation is 1. The van der Waals surface area contributed by atoms with Crippen molar-refractivity contribution in [2.24, 2.45) is 0 Å². The van der Waals surface area contributed by atoms with E-state index < -0.39 is 16.5 Å². The number of rotatable bonds is 4. The van der Waals surface area contributed by atoms with Gasteiger partial charge in [0.15, 0.2) is 5.75 Å². The molecule has 7 heteroatoms. The average Bonchev–Trinajstić information content (AvgIpc) is 2.65. The molecule has 0 fully saturated rings. The first-order valence-corrected chi connectivity index (χ1v) is 12.8. The van der Waals surface area contributed by atoms with Gasteiger partial charge in [-0.1, -0.05) is 43.3 Å². The van der Waals surface area contributed by atoms with Gasteiger partial charge in [-0.2, -0.15) is 10.5 Å². The summed E-state index contributed by atoms with van der Waals surface area (Å²) in [5, 5.41) is 16.7. The van der Waals surface area contributed by atoms with Crippen molar-refractivity contribution in [2.45, 2.75) is 26.2 Å². The van der Waals surface area contributed by atoms with E-state index in [9.17, 15) is 4.53 Å². The van der Waals surface area contributed by atoms with Gasteiger partial charge >= 0.3 is 35.3 Å². The maximum atomic E-state index is 11.5. The van der Waals surface area contributed by atoms with Crippen LogP contribution in [-0.2, 0) is 35.7 Å². The van der Waals surface area contributed by atoms with E-state index in [2.05, 4.69) is 30.1 Å². The Hall–Kier alpha value is -1.58. The molecule has 0 spiro atoms. The van der Waals surface area contributed by atoms with Gasteiger partial charge in [-0.05, 0) is 35.2 Å². The van der Waals surface area contributed by atoms with Crippen LogP contribution in [0.5, 0.6) is 5.75 Å². The molecule has 2 rings (SSSR count). The topological polar surface area (TPSA) is 56.8 Å². The monoisotopic (exact) mass is 561 g/mol. The number of hydrogen-bond acceptors (Lipinski definition) is 3. The van der Waals surface area contributed by atoms with Crippen LogP contribution < -0.4 is 4.94 Å². The van der Waals surface area contributed by atoms with Crippen LogP contribution in [0.25, 0.3) is 0 Å².